The Kier molecular flexibility index (Phi) is 1.26. The van der Waals surface area contributed by atoms with Crippen molar-refractivity contribution < 1.29 is 9.47 Å². The Balaban J connectivity index is 2.43. The minimum absolute atomic E-state index is 0.660. The van der Waals surface area contributed by atoms with Crippen LogP contribution in [0.15, 0.2) is 18.2 Å². The van der Waals surface area contributed by atoms with Crippen molar-refractivity contribution in [2.75, 3.05) is 0 Å². The van der Waals surface area contributed by atoms with E-state index in [4.69, 9.17) is 15.2 Å². The molecule has 1 radical (unpaired) electrons. The van der Waals surface area contributed by atoms with Gasteiger partial charge in [0.25, 0.3) is 6.41 Å². The zero-order valence-electron chi connectivity index (χ0n) is 5.91. The van der Waals surface area contributed by atoms with Gasteiger partial charge in [0.1, 0.15) is 0 Å². The van der Waals surface area contributed by atoms with E-state index in [2.05, 4.69) is 6.92 Å². The van der Waals surface area contributed by atoms with Crippen LogP contribution in [-0.2, 0) is 0 Å². The Morgan fingerprint density at radius 2 is 2.00 bits per heavy atom. The van der Waals surface area contributed by atoms with E-state index in [0.29, 0.717) is 11.5 Å². The molecule has 1 unspecified atom stereocenters. The first-order chi connectivity index (χ1) is 5.25. The first-order valence-electron chi connectivity index (χ1n) is 3.30. The van der Waals surface area contributed by atoms with E-state index in [1.54, 1.807) is 12.1 Å². The molecule has 3 nitrogen and oxygen atoms in total. The van der Waals surface area contributed by atoms with Crippen LogP contribution in [0, 0.1) is 6.92 Å². The molecule has 3 heteroatoms. The fraction of sp³-hybridized carbons (Fsp3) is 0.125. The van der Waals surface area contributed by atoms with E-state index in [1.807, 2.05) is 6.07 Å². The minimum Gasteiger partial charge on any atom is -0.438 e. The summed E-state index contributed by atoms with van der Waals surface area (Å²) >= 11 is 0. The molecule has 0 saturated carbocycles. The second-order valence-corrected chi connectivity index (χ2v) is 2.39. The summed E-state index contributed by atoms with van der Waals surface area (Å²) in [6.45, 7) is 3.75. The molecule has 1 heterocycles. The average molecular weight is 150 g/mol. The molecule has 2 N–H and O–H groups in total. The molecule has 0 fully saturated rings. The fourth-order valence-corrected chi connectivity index (χ4v) is 1.02. The first-order valence-corrected chi connectivity index (χ1v) is 3.30. The highest BCUT2D eigenvalue weighted by atomic mass is 16.7. The lowest BCUT2D eigenvalue weighted by atomic mass is 10.2. The molecule has 1 aromatic rings. The SMILES string of the molecule is [CH2]c1ccc2c(c1)OC(N)O2. The van der Waals surface area contributed by atoms with Crippen LogP contribution in [0.5, 0.6) is 11.5 Å². The highest BCUT2D eigenvalue weighted by molar-refractivity contribution is 5.45. The third kappa shape index (κ3) is 1.03. The van der Waals surface area contributed by atoms with Crippen LogP contribution < -0.4 is 15.2 Å². The van der Waals surface area contributed by atoms with Crippen LogP contribution in [0.3, 0.4) is 0 Å². The molecule has 0 aromatic heterocycles. The minimum atomic E-state index is -0.660. The number of rotatable bonds is 0. The van der Waals surface area contributed by atoms with Gasteiger partial charge in [-0.1, -0.05) is 6.07 Å². The van der Waals surface area contributed by atoms with Crippen molar-refractivity contribution in [3.05, 3.63) is 30.7 Å². The van der Waals surface area contributed by atoms with Crippen LogP contribution in [0.1, 0.15) is 5.56 Å². The third-order valence-electron chi connectivity index (χ3n) is 1.49. The highest BCUT2D eigenvalue weighted by Gasteiger charge is 2.19. The molecule has 0 amide bonds. The van der Waals surface area contributed by atoms with Crippen molar-refractivity contribution in [3.8, 4) is 11.5 Å². The summed E-state index contributed by atoms with van der Waals surface area (Å²) in [5, 5.41) is 0. The molecular formula is C8H8NO2. The highest BCUT2D eigenvalue weighted by Crippen LogP contribution is 2.33. The average Bonchev–Trinajstić information content (AvgIpc) is 2.27. The predicted molar refractivity (Wildman–Crippen MR) is 40.1 cm³/mol. The van der Waals surface area contributed by atoms with Gasteiger partial charge in [-0.2, -0.15) is 0 Å². The largest absolute Gasteiger partial charge is 0.438 e. The smallest absolute Gasteiger partial charge is 0.300 e. The number of nitrogens with two attached hydrogens (primary N) is 1. The van der Waals surface area contributed by atoms with Crippen LogP contribution >= 0.6 is 0 Å². The summed E-state index contributed by atoms with van der Waals surface area (Å²) in [6.07, 6.45) is -0.660. The topological polar surface area (TPSA) is 44.5 Å². The van der Waals surface area contributed by atoms with Crippen molar-refractivity contribution in [2.45, 2.75) is 6.41 Å². The maximum Gasteiger partial charge on any atom is 0.300 e. The third-order valence-corrected chi connectivity index (χ3v) is 1.49. The number of fused-ring (bicyclic) bond motifs is 1. The lowest BCUT2D eigenvalue weighted by Crippen LogP contribution is -2.28. The summed E-state index contributed by atoms with van der Waals surface area (Å²) in [5.74, 6) is 1.36. The number of benzene rings is 1. The quantitative estimate of drug-likeness (QED) is 0.597. The Hall–Kier alpha value is -1.22. The number of ether oxygens (including phenoxy) is 2. The zero-order chi connectivity index (χ0) is 7.84. The van der Waals surface area contributed by atoms with Crippen LogP contribution in [-0.4, -0.2) is 6.41 Å². The van der Waals surface area contributed by atoms with Gasteiger partial charge >= 0.3 is 0 Å². The summed E-state index contributed by atoms with van der Waals surface area (Å²) in [4.78, 5) is 0. The van der Waals surface area contributed by atoms with Crippen molar-refractivity contribution in [2.24, 2.45) is 5.73 Å². The van der Waals surface area contributed by atoms with Crippen molar-refractivity contribution in [1.29, 1.82) is 0 Å². The standard InChI is InChI=1S/C8H8NO2/c1-5-2-3-6-7(4-5)11-8(9)10-6/h2-4,8H,1,9H2. The maximum absolute atomic E-state index is 5.37. The maximum atomic E-state index is 5.37. The van der Waals surface area contributed by atoms with Gasteiger partial charge in [-0.05, 0) is 24.6 Å². The van der Waals surface area contributed by atoms with E-state index in [0.717, 1.165) is 5.56 Å². The van der Waals surface area contributed by atoms with Gasteiger partial charge in [0.05, 0.1) is 0 Å². The predicted octanol–water partition coefficient (Wildman–Crippen LogP) is 0.882. The molecule has 0 saturated heterocycles. The van der Waals surface area contributed by atoms with Gasteiger partial charge in [-0.15, -0.1) is 0 Å². The van der Waals surface area contributed by atoms with Gasteiger partial charge in [-0.25, -0.2) is 0 Å². The summed E-state index contributed by atoms with van der Waals surface area (Å²) in [5.41, 5.74) is 6.26. The molecule has 57 valence electrons. The molecule has 2 rings (SSSR count). The van der Waals surface area contributed by atoms with E-state index >= 15 is 0 Å². The van der Waals surface area contributed by atoms with Gasteiger partial charge in [0, 0.05) is 0 Å². The van der Waals surface area contributed by atoms with Crippen molar-refractivity contribution in [1.82, 2.24) is 0 Å². The summed E-state index contributed by atoms with van der Waals surface area (Å²) in [6, 6.07) is 5.44. The van der Waals surface area contributed by atoms with Crippen LogP contribution in [0.25, 0.3) is 0 Å². The van der Waals surface area contributed by atoms with Crippen molar-refractivity contribution >= 4 is 0 Å². The molecule has 1 aliphatic rings. The van der Waals surface area contributed by atoms with Gasteiger partial charge in [0.2, 0.25) is 0 Å². The summed E-state index contributed by atoms with van der Waals surface area (Å²) in [7, 11) is 0. The summed E-state index contributed by atoms with van der Waals surface area (Å²) < 4.78 is 10.2. The Labute approximate surface area is 64.7 Å². The van der Waals surface area contributed by atoms with E-state index in [-0.39, 0.29) is 0 Å². The molecule has 1 aromatic carbocycles. The van der Waals surface area contributed by atoms with Gasteiger partial charge < -0.3 is 9.47 Å². The van der Waals surface area contributed by atoms with E-state index < -0.39 is 6.41 Å². The second-order valence-electron chi connectivity index (χ2n) is 2.39. The lowest BCUT2D eigenvalue weighted by molar-refractivity contribution is 0.0562. The first kappa shape index (κ1) is 6.49. The molecule has 1 atom stereocenters. The molecule has 11 heavy (non-hydrogen) atoms. The second kappa shape index (κ2) is 2.13. The zero-order valence-corrected chi connectivity index (χ0v) is 5.91. The lowest BCUT2D eigenvalue weighted by Gasteiger charge is -1.99. The van der Waals surface area contributed by atoms with Crippen LogP contribution in [0.4, 0.5) is 0 Å². The number of hydrogen-bond donors (Lipinski definition) is 1. The van der Waals surface area contributed by atoms with Gasteiger partial charge in [0.15, 0.2) is 11.5 Å². The molecule has 0 spiro atoms. The van der Waals surface area contributed by atoms with Crippen molar-refractivity contribution in [3.63, 3.8) is 0 Å². The molecule has 1 aliphatic heterocycles. The van der Waals surface area contributed by atoms with Gasteiger partial charge in [-0.3, -0.25) is 5.73 Å². The Bertz CT molecular complexity index is 285. The monoisotopic (exact) mass is 150 g/mol. The molecule has 0 aliphatic carbocycles. The number of hydrogen-bond acceptors (Lipinski definition) is 3. The fourth-order valence-electron chi connectivity index (χ4n) is 1.02. The Morgan fingerprint density at radius 1 is 1.27 bits per heavy atom. The Morgan fingerprint density at radius 3 is 2.82 bits per heavy atom. The van der Waals surface area contributed by atoms with E-state index in [9.17, 15) is 0 Å². The molecule has 0 bridgehead atoms. The normalized spacial score (nSPS) is 20.4. The molecular weight excluding hydrogens is 142 g/mol. The van der Waals surface area contributed by atoms with E-state index in [1.165, 1.54) is 0 Å². The van der Waals surface area contributed by atoms with Crippen LogP contribution in [0.2, 0.25) is 0 Å².